The molecule has 0 aliphatic heterocycles. The normalized spacial score (nSPS) is 10.6. The molecule has 0 aliphatic rings. The van der Waals surface area contributed by atoms with Gasteiger partial charge in [0, 0.05) is 23.8 Å². The molecule has 0 fully saturated rings. The first-order valence-electron chi connectivity index (χ1n) is 6.84. The standard InChI is InChI=1S/C16H19ClN2O/c1-3-13-9-14(6-7-15(13)17)20-16-8-5-12(11-19-16)10-18-4-2/h5-9,11,18H,3-4,10H2,1-2H3. The van der Waals surface area contributed by atoms with E-state index in [0.29, 0.717) is 5.88 Å². The van der Waals surface area contributed by atoms with E-state index in [2.05, 4.69) is 24.1 Å². The molecule has 2 aromatic rings. The molecule has 4 heteroatoms. The fourth-order valence-corrected chi connectivity index (χ4v) is 2.10. The Bertz CT molecular complexity index is 555. The van der Waals surface area contributed by atoms with Crippen molar-refractivity contribution in [3.05, 3.63) is 52.7 Å². The molecular formula is C16H19ClN2O. The molecule has 1 aromatic carbocycles. The Balaban J connectivity index is 2.06. The number of halogens is 1. The van der Waals surface area contributed by atoms with Crippen molar-refractivity contribution in [1.82, 2.24) is 10.3 Å². The summed E-state index contributed by atoms with van der Waals surface area (Å²) in [5.74, 6) is 1.35. The Morgan fingerprint density at radius 1 is 1.20 bits per heavy atom. The van der Waals surface area contributed by atoms with Gasteiger partial charge >= 0.3 is 0 Å². The minimum atomic E-state index is 0.592. The summed E-state index contributed by atoms with van der Waals surface area (Å²) >= 11 is 6.09. The number of ether oxygens (including phenoxy) is 1. The lowest BCUT2D eigenvalue weighted by Gasteiger charge is -2.08. The van der Waals surface area contributed by atoms with Crippen molar-refractivity contribution >= 4 is 11.6 Å². The molecule has 0 saturated carbocycles. The number of hydrogen-bond donors (Lipinski definition) is 1. The molecule has 0 aliphatic carbocycles. The molecule has 3 nitrogen and oxygen atoms in total. The summed E-state index contributed by atoms with van der Waals surface area (Å²) in [6, 6.07) is 9.57. The van der Waals surface area contributed by atoms with Crippen LogP contribution in [0.15, 0.2) is 36.5 Å². The summed E-state index contributed by atoms with van der Waals surface area (Å²) in [6.45, 7) is 5.92. The van der Waals surface area contributed by atoms with E-state index in [1.54, 1.807) is 0 Å². The minimum Gasteiger partial charge on any atom is -0.439 e. The van der Waals surface area contributed by atoms with Gasteiger partial charge in [-0.15, -0.1) is 0 Å². The third kappa shape index (κ3) is 3.95. The lowest BCUT2D eigenvalue weighted by molar-refractivity contribution is 0.461. The molecule has 0 unspecified atom stereocenters. The first-order valence-corrected chi connectivity index (χ1v) is 7.22. The van der Waals surface area contributed by atoms with Crippen LogP contribution in [0.5, 0.6) is 11.6 Å². The van der Waals surface area contributed by atoms with Gasteiger partial charge in [0.25, 0.3) is 0 Å². The second-order valence-corrected chi connectivity index (χ2v) is 4.90. The molecule has 0 bridgehead atoms. The number of hydrogen-bond acceptors (Lipinski definition) is 3. The van der Waals surface area contributed by atoms with Crippen LogP contribution in [-0.4, -0.2) is 11.5 Å². The molecule has 0 spiro atoms. The minimum absolute atomic E-state index is 0.592. The summed E-state index contributed by atoms with van der Waals surface area (Å²) in [6.07, 6.45) is 2.71. The van der Waals surface area contributed by atoms with Crippen molar-refractivity contribution in [1.29, 1.82) is 0 Å². The highest BCUT2D eigenvalue weighted by Crippen LogP contribution is 2.25. The molecule has 1 heterocycles. The maximum Gasteiger partial charge on any atom is 0.219 e. The molecular weight excluding hydrogens is 272 g/mol. The Labute approximate surface area is 124 Å². The second-order valence-electron chi connectivity index (χ2n) is 4.49. The van der Waals surface area contributed by atoms with Gasteiger partial charge in [0.05, 0.1) is 0 Å². The van der Waals surface area contributed by atoms with Crippen molar-refractivity contribution in [3.63, 3.8) is 0 Å². The molecule has 20 heavy (non-hydrogen) atoms. The van der Waals surface area contributed by atoms with Gasteiger partial charge in [0.2, 0.25) is 5.88 Å². The van der Waals surface area contributed by atoms with Gasteiger partial charge in [0.1, 0.15) is 5.75 Å². The number of benzene rings is 1. The lowest BCUT2D eigenvalue weighted by Crippen LogP contribution is -2.11. The predicted molar refractivity (Wildman–Crippen MR) is 82.5 cm³/mol. The molecule has 0 amide bonds. The van der Waals surface area contributed by atoms with Gasteiger partial charge < -0.3 is 10.1 Å². The maximum absolute atomic E-state index is 6.09. The highest BCUT2D eigenvalue weighted by molar-refractivity contribution is 6.31. The van der Waals surface area contributed by atoms with Crippen molar-refractivity contribution in [2.45, 2.75) is 26.8 Å². The Morgan fingerprint density at radius 2 is 2.05 bits per heavy atom. The first kappa shape index (κ1) is 14.8. The van der Waals surface area contributed by atoms with Crippen LogP contribution in [0.25, 0.3) is 0 Å². The van der Waals surface area contributed by atoms with Crippen LogP contribution < -0.4 is 10.1 Å². The van der Waals surface area contributed by atoms with Crippen LogP contribution in [0.3, 0.4) is 0 Å². The second kappa shape index (κ2) is 7.27. The maximum atomic E-state index is 6.09. The molecule has 2 rings (SSSR count). The van der Waals surface area contributed by atoms with Crippen molar-refractivity contribution in [3.8, 4) is 11.6 Å². The largest absolute Gasteiger partial charge is 0.439 e. The molecule has 1 aromatic heterocycles. The highest BCUT2D eigenvalue weighted by atomic mass is 35.5. The van der Waals surface area contributed by atoms with Crippen LogP contribution in [0.4, 0.5) is 0 Å². The van der Waals surface area contributed by atoms with E-state index in [0.717, 1.165) is 41.4 Å². The number of nitrogens with zero attached hydrogens (tertiary/aromatic N) is 1. The van der Waals surface area contributed by atoms with Crippen LogP contribution in [0, 0.1) is 0 Å². The third-order valence-electron chi connectivity index (χ3n) is 3.00. The quantitative estimate of drug-likeness (QED) is 0.866. The van der Waals surface area contributed by atoms with Gasteiger partial charge in [0.15, 0.2) is 0 Å². The monoisotopic (exact) mass is 290 g/mol. The van der Waals surface area contributed by atoms with Gasteiger partial charge in [-0.1, -0.05) is 31.5 Å². The zero-order valence-electron chi connectivity index (χ0n) is 11.8. The summed E-state index contributed by atoms with van der Waals surface area (Å²) < 4.78 is 5.75. The Hall–Kier alpha value is -1.58. The number of rotatable bonds is 6. The van der Waals surface area contributed by atoms with E-state index in [-0.39, 0.29) is 0 Å². The SMILES string of the molecule is CCNCc1ccc(Oc2ccc(Cl)c(CC)c2)nc1. The Morgan fingerprint density at radius 3 is 2.70 bits per heavy atom. The fourth-order valence-electron chi connectivity index (χ4n) is 1.85. The summed E-state index contributed by atoms with van der Waals surface area (Å²) in [5.41, 5.74) is 2.22. The van der Waals surface area contributed by atoms with E-state index in [1.165, 1.54) is 0 Å². The average molecular weight is 291 g/mol. The topological polar surface area (TPSA) is 34.1 Å². The van der Waals surface area contributed by atoms with Crippen molar-refractivity contribution in [2.75, 3.05) is 6.54 Å². The molecule has 106 valence electrons. The number of nitrogens with one attached hydrogen (secondary N) is 1. The summed E-state index contributed by atoms with van der Waals surface area (Å²) in [7, 11) is 0. The number of aromatic nitrogens is 1. The lowest BCUT2D eigenvalue weighted by atomic mass is 10.1. The van der Waals surface area contributed by atoms with Crippen LogP contribution in [0.2, 0.25) is 5.02 Å². The molecule has 0 saturated heterocycles. The summed E-state index contributed by atoms with van der Waals surface area (Å²) in [5, 5.41) is 4.03. The number of aryl methyl sites for hydroxylation is 1. The third-order valence-corrected chi connectivity index (χ3v) is 3.37. The van der Waals surface area contributed by atoms with E-state index in [9.17, 15) is 0 Å². The molecule has 1 N–H and O–H groups in total. The van der Waals surface area contributed by atoms with Crippen LogP contribution in [-0.2, 0) is 13.0 Å². The number of pyridine rings is 1. The molecule has 0 radical (unpaired) electrons. The van der Waals surface area contributed by atoms with Crippen molar-refractivity contribution < 1.29 is 4.74 Å². The van der Waals surface area contributed by atoms with Gasteiger partial charge in [-0.3, -0.25) is 0 Å². The van der Waals surface area contributed by atoms with E-state index < -0.39 is 0 Å². The van der Waals surface area contributed by atoms with Crippen LogP contribution in [0.1, 0.15) is 25.0 Å². The highest BCUT2D eigenvalue weighted by Gasteiger charge is 2.03. The Kier molecular flexibility index (Phi) is 5.39. The van der Waals surface area contributed by atoms with Gasteiger partial charge in [-0.2, -0.15) is 0 Å². The first-order chi connectivity index (χ1) is 9.72. The van der Waals surface area contributed by atoms with Gasteiger partial charge in [-0.25, -0.2) is 4.98 Å². The fraction of sp³-hybridized carbons (Fsp3) is 0.312. The van der Waals surface area contributed by atoms with Crippen molar-refractivity contribution in [2.24, 2.45) is 0 Å². The van der Waals surface area contributed by atoms with Gasteiger partial charge in [-0.05, 0) is 42.3 Å². The van der Waals surface area contributed by atoms with E-state index in [4.69, 9.17) is 16.3 Å². The zero-order chi connectivity index (χ0) is 14.4. The van der Waals surface area contributed by atoms with Crippen LogP contribution >= 0.6 is 11.6 Å². The molecule has 0 atom stereocenters. The van der Waals surface area contributed by atoms with E-state index in [1.807, 2.05) is 36.5 Å². The predicted octanol–water partition coefficient (Wildman–Crippen LogP) is 4.20. The van der Waals surface area contributed by atoms with E-state index >= 15 is 0 Å². The zero-order valence-corrected chi connectivity index (χ0v) is 12.6. The smallest absolute Gasteiger partial charge is 0.219 e. The summed E-state index contributed by atoms with van der Waals surface area (Å²) in [4.78, 5) is 4.31. The average Bonchev–Trinajstić information content (AvgIpc) is 2.48.